The van der Waals surface area contributed by atoms with E-state index in [9.17, 15) is 9.90 Å². The Morgan fingerprint density at radius 1 is 1.06 bits per heavy atom. The third kappa shape index (κ3) is 5.00. The number of aromatic amines is 1. The predicted molar refractivity (Wildman–Crippen MR) is 126 cm³/mol. The normalized spacial score (nSPS) is 18.5. The molecule has 6 heteroatoms. The molecule has 0 radical (unpaired) electrons. The Morgan fingerprint density at radius 3 is 2.33 bits per heavy atom. The van der Waals surface area contributed by atoms with Crippen LogP contribution < -0.4 is 10.9 Å². The van der Waals surface area contributed by atoms with Crippen LogP contribution in [0.1, 0.15) is 47.2 Å². The molecule has 3 aromatic rings. The Labute approximate surface area is 193 Å². The van der Waals surface area contributed by atoms with Gasteiger partial charge < -0.3 is 20.1 Å². The van der Waals surface area contributed by atoms with Crippen LogP contribution >= 0.6 is 0 Å². The summed E-state index contributed by atoms with van der Waals surface area (Å²) in [5, 5.41) is 13.7. The molecule has 3 N–H and O–H groups in total. The zero-order valence-electron chi connectivity index (χ0n) is 18.4. The average Bonchev–Trinajstić information content (AvgIpc) is 3.41. The van der Waals surface area contributed by atoms with E-state index in [2.05, 4.69) is 63.5 Å². The molecule has 1 aliphatic carbocycles. The summed E-state index contributed by atoms with van der Waals surface area (Å²) in [6.45, 7) is 2.49. The summed E-state index contributed by atoms with van der Waals surface area (Å²) in [5.74, 6) is 6.21. The zero-order valence-corrected chi connectivity index (χ0v) is 18.4. The van der Waals surface area contributed by atoms with Gasteiger partial charge in [0.25, 0.3) is 5.56 Å². The van der Waals surface area contributed by atoms with Crippen LogP contribution in [0.4, 0.5) is 0 Å². The smallest absolute Gasteiger partial charge is 0.293 e. The molecule has 2 heterocycles. The molecule has 2 aromatic carbocycles. The first-order chi connectivity index (χ1) is 16.1. The summed E-state index contributed by atoms with van der Waals surface area (Å²) in [5.41, 5.74) is 4.10. The molecule has 1 saturated carbocycles. The van der Waals surface area contributed by atoms with Crippen molar-refractivity contribution >= 4 is 0 Å². The van der Waals surface area contributed by atoms with Crippen LogP contribution in [0.25, 0.3) is 0 Å². The number of H-pyrrole nitrogens is 1. The van der Waals surface area contributed by atoms with Gasteiger partial charge in [0.1, 0.15) is 0 Å². The van der Waals surface area contributed by atoms with Gasteiger partial charge in [-0.3, -0.25) is 4.79 Å². The fourth-order valence-electron chi connectivity index (χ4n) is 4.33. The minimum absolute atomic E-state index is 0.243. The first-order valence-electron chi connectivity index (χ1n) is 11.4. The number of hydrogen-bond acceptors (Lipinski definition) is 5. The monoisotopic (exact) mass is 441 g/mol. The second kappa shape index (κ2) is 9.22. The number of aromatic nitrogens is 2. The lowest BCUT2D eigenvalue weighted by Crippen LogP contribution is -2.28. The van der Waals surface area contributed by atoms with E-state index in [0.717, 1.165) is 62.1 Å². The molecule has 2 fully saturated rings. The van der Waals surface area contributed by atoms with Crippen LogP contribution in [0.5, 0.6) is 5.75 Å². The maximum atomic E-state index is 11.7. The van der Waals surface area contributed by atoms with E-state index in [0.29, 0.717) is 11.7 Å². The summed E-state index contributed by atoms with van der Waals surface area (Å²) in [7, 11) is 0. The highest BCUT2D eigenvalue weighted by Crippen LogP contribution is 2.51. The lowest BCUT2D eigenvalue weighted by Gasteiger charge is -2.15. The van der Waals surface area contributed by atoms with Gasteiger partial charge in [0.15, 0.2) is 0 Å². The van der Waals surface area contributed by atoms with E-state index in [-0.39, 0.29) is 11.2 Å². The van der Waals surface area contributed by atoms with Crippen LogP contribution in [0.2, 0.25) is 0 Å². The number of nitrogens with zero attached hydrogens (tertiary/aromatic N) is 1. The number of benzene rings is 2. The van der Waals surface area contributed by atoms with E-state index in [4.69, 9.17) is 4.74 Å². The summed E-state index contributed by atoms with van der Waals surface area (Å²) < 4.78 is 5.40. The van der Waals surface area contributed by atoms with Crippen molar-refractivity contribution in [2.75, 3.05) is 13.2 Å². The first kappa shape index (κ1) is 21.4. The van der Waals surface area contributed by atoms with E-state index < -0.39 is 5.56 Å². The van der Waals surface area contributed by atoms with Crippen LogP contribution in [-0.2, 0) is 23.1 Å². The third-order valence-electron chi connectivity index (χ3n) is 6.51. The van der Waals surface area contributed by atoms with Gasteiger partial charge in [-0.25, -0.2) is 4.98 Å². The molecule has 33 heavy (non-hydrogen) atoms. The van der Waals surface area contributed by atoms with Gasteiger partial charge >= 0.3 is 0 Å². The van der Waals surface area contributed by atoms with Crippen molar-refractivity contribution in [1.82, 2.24) is 15.3 Å². The second-order valence-corrected chi connectivity index (χ2v) is 8.97. The van der Waals surface area contributed by atoms with Crippen LogP contribution in [-0.4, -0.2) is 34.3 Å². The van der Waals surface area contributed by atoms with Crippen LogP contribution in [0, 0.1) is 11.8 Å². The number of rotatable bonds is 6. The van der Waals surface area contributed by atoms with Gasteiger partial charge in [0, 0.05) is 35.7 Å². The third-order valence-corrected chi connectivity index (χ3v) is 6.51. The molecular weight excluding hydrogens is 414 g/mol. The zero-order chi connectivity index (χ0) is 22.7. The standard InChI is InChI=1S/C27H27N3O3/c31-24-25(29-18-30-26(24)32)27(12-13-27)15-21-7-3-19(4-8-21)1-2-20-5-9-22(10-6-20)16-28-23-11-14-33-17-23/h3-10,18,23,28,31H,11-17H2,(H,29,30,32)/t23-/m1/s1. The molecule has 0 bridgehead atoms. The molecule has 1 atom stereocenters. The maximum absolute atomic E-state index is 11.7. The van der Waals surface area contributed by atoms with Crippen LogP contribution in [0.15, 0.2) is 59.7 Å². The highest BCUT2D eigenvalue weighted by atomic mass is 16.5. The van der Waals surface area contributed by atoms with Crippen molar-refractivity contribution in [3.8, 4) is 17.6 Å². The van der Waals surface area contributed by atoms with E-state index in [1.54, 1.807) is 0 Å². The van der Waals surface area contributed by atoms with Crippen LogP contribution in [0.3, 0.4) is 0 Å². The first-order valence-corrected chi connectivity index (χ1v) is 11.4. The van der Waals surface area contributed by atoms with Gasteiger partial charge in [-0.05, 0) is 61.1 Å². The highest BCUT2D eigenvalue weighted by molar-refractivity contribution is 5.45. The van der Waals surface area contributed by atoms with Crippen molar-refractivity contribution < 1.29 is 9.84 Å². The lowest BCUT2D eigenvalue weighted by molar-refractivity contribution is 0.190. The van der Waals surface area contributed by atoms with E-state index in [1.165, 1.54) is 11.9 Å². The molecule has 2 aliphatic rings. The van der Waals surface area contributed by atoms with Crippen molar-refractivity contribution in [2.45, 2.75) is 43.7 Å². The van der Waals surface area contributed by atoms with Crippen molar-refractivity contribution in [2.24, 2.45) is 0 Å². The summed E-state index contributed by atoms with van der Waals surface area (Å²) in [4.78, 5) is 18.4. The summed E-state index contributed by atoms with van der Waals surface area (Å²) in [6, 6.07) is 17.0. The number of nitrogens with one attached hydrogen (secondary N) is 2. The van der Waals surface area contributed by atoms with Crippen molar-refractivity contribution in [1.29, 1.82) is 0 Å². The van der Waals surface area contributed by atoms with Gasteiger partial charge in [-0.2, -0.15) is 0 Å². The average molecular weight is 442 g/mol. The largest absolute Gasteiger partial charge is 0.502 e. The van der Waals surface area contributed by atoms with Gasteiger partial charge in [-0.15, -0.1) is 0 Å². The number of hydrogen-bond donors (Lipinski definition) is 3. The van der Waals surface area contributed by atoms with Gasteiger partial charge in [0.2, 0.25) is 5.75 Å². The Hall–Kier alpha value is -3.40. The fraction of sp³-hybridized carbons (Fsp3) is 0.333. The van der Waals surface area contributed by atoms with E-state index in [1.807, 2.05) is 12.1 Å². The topological polar surface area (TPSA) is 87.2 Å². The maximum Gasteiger partial charge on any atom is 0.293 e. The Bertz CT molecular complexity index is 1230. The van der Waals surface area contributed by atoms with Crippen molar-refractivity contribution in [3.63, 3.8) is 0 Å². The molecular formula is C27H27N3O3. The molecule has 1 saturated heterocycles. The highest BCUT2D eigenvalue weighted by Gasteiger charge is 2.47. The molecule has 5 rings (SSSR count). The summed E-state index contributed by atoms with van der Waals surface area (Å²) in [6.07, 6.45) is 5.02. The number of aromatic hydroxyl groups is 1. The second-order valence-electron chi connectivity index (χ2n) is 8.97. The van der Waals surface area contributed by atoms with Crippen molar-refractivity contribution in [3.05, 3.63) is 93.2 Å². The van der Waals surface area contributed by atoms with E-state index >= 15 is 0 Å². The fourth-order valence-corrected chi connectivity index (χ4v) is 4.33. The van der Waals surface area contributed by atoms with Gasteiger partial charge in [0.05, 0.1) is 18.6 Å². The SMILES string of the molecule is O=c1[nH]cnc(C2(Cc3ccc(C#Cc4ccc(CN[C@@H]5CCOC5)cc4)cc3)CC2)c1O. The van der Waals surface area contributed by atoms with Gasteiger partial charge in [-0.1, -0.05) is 36.1 Å². The lowest BCUT2D eigenvalue weighted by atomic mass is 9.92. The molecule has 0 unspecified atom stereocenters. The predicted octanol–water partition coefficient (Wildman–Crippen LogP) is 3.03. The quantitative estimate of drug-likeness (QED) is 0.512. The minimum atomic E-state index is -0.482. The summed E-state index contributed by atoms with van der Waals surface area (Å²) >= 11 is 0. The molecule has 0 spiro atoms. The Balaban J connectivity index is 1.20. The molecule has 6 nitrogen and oxygen atoms in total. The Morgan fingerprint density at radius 2 is 1.73 bits per heavy atom. The molecule has 1 aliphatic heterocycles. The molecule has 0 amide bonds. The number of ether oxygens (including phenoxy) is 1. The molecule has 1 aromatic heterocycles. The Kier molecular flexibility index (Phi) is 5.99. The molecule has 168 valence electrons. The minimum Gasteiger partial charge on any atom is -0.502 e.